The minimum Gasteiger partial charge on any atom is -0.319 e. The summed E-state index contributed by atoms with van der Waals surface area (Å²) in [6, 6.07) is 0. The topological polar surface area (TPSA) is 12.0 Å². The minimum atomic E-state index is 0. The standard InChI is InChI=1S/C5H13N.3CH4/c1-5(2)4-6-3;;;/h5-6H,4H2,1-3H3;3*1H4. The highest BCUT2D eigenvalue weighted by atomic mass is 14.8. The van der Waals surface area contributed by atoms with Gasteiger partial charge in [0, 0.05) is 0 Å². The lowest BCUT2D eigenvalue weighted by Gasteiger charge is -1.98. The fourth-order valence-corrected chi connectivity index (χ4v) is 0.408. The van der Waals surface area contributed by atoms with Crippen LogP contribution in [0.15, 0.2) is 0 Å². The van der Waals surface area contributed by atoms with Crippen molar-refractivity contribution in [1.29, 1.82) is 0 Å². The van der Waals surface area contributed by atoms with Crippen molar-refractivity contribution >= 4 is 0 Å². The third-order valence-corrected chi connectivity index (χ3v) is 0.612. The lowest BCUT2D eigenvalue weighted by atomic mass is 10.2. The van der Waals surface area contributed by atoms with Gasteiger partial charge in [0.1, 0.15) is 0 Å². The maximum absolute atomic E-state index is 3.07. The zero-order valence-electron chi connectivity index (χ0n) is 4.78. The van der Waals surface area contributed by atoms with Crippen LogP contribution in [0.4, 0.5) is 0 Å². The molecule has 1 N–H and O–H groups in total. The zero-order chi connectivity index (χ0) is 4.99. The van der Waals surface area contributed by atoms with E-state index in [0.29, 0.717) is 0 Å². The summed E-state index contributed by atoms with van der Waals surface area (Å²) in [7, 11) is 1.97. The van der Waals surface area contributed by atoms with E-state index >= 15 is 0 Å². The van der Waals surface area contributed by atoms with E-state index in [1.54, 1.807) is 0 Å². The molecule has 0 saturated carbocycles. The average molecular weight is 135 g/mol. The van der Waals surface area contributed by atoms with Crippen molar-refractivity contribution in [3.05, 3.63) is 0 Å². The van der Waals surface area contributed by atoms with Gasteiger partial charge in [-0.25, -0.2) is 0 Å². The van der Waals surface area contributed by atoms with Gasteiger partial charge in [0.25, 0.3) is 0 Å². The fourth-order valence-electron chi connectivity index (χ4n) is 0.408. The Hall–Kier alpha value is -0.0400. The van der Waals surface area contributed by atoms with Gasteiger partial charge in [0.05, 0.1) is 0 Å². The Balaban J connectivity index is -0.0000000417. The van der Waals surface area contributed by atoms with Gasteiger partial charge in [-0.3, -0.25) is 0 Å². The summed E-state index contributed by atoms with van der Waals surface area (Å²) >= 11 is 0. The van der Waals surface area contributed by atoms with E-state index in [1.165, 1.54) is 0 Å². The Morgan fingerprint density at radius 2 is 1.44 bits per heavy atom. The summed E-state index contributed by atoms with van der Waals surface area (Å²) in [6.45, 7) is 5.51. The molecule has 0 fully saturated rings. The van der Waals surface area contributed by atoms with Crippen molar-refractivity contribution in [2.45, 2.75) is 36.1 Å². The molecular weight excluding hydrogens is 110 g/mol. The molecule has 1 nitrogen and oxygen atoms in total. The third kappa shape index (κ3) is 32.3. The number of rotatable bonds is 2. The van der Waals surface area contributed by atoms with E-state index < -0.39 is 0 Å². The number of hydrogen-bond acceptors (Lipinski definition) is 1. The molecule has 0 aliphatic carbocycles. The molecule has 0 amide bonds. The highest BCUT2D eigenvalue weighted by molar-refractivity contribution is 4.42. The summed E-state index contributed by atoms with van der Waals surface area (Å²) in [4.78, 5) is 0. The fraction of sp³-hybridized carbons (Fsp3) is 1.00. The van der Waals surface area contributed by atoms with Crippen molar-refractivity contribution in [2.75, 3.05) is 13.6 Å². The van der Waals surface area contributed by atoms with Crippen molar-refractivity contribution in [1.82, 2.24) is 5.32 Å². The van der Waals surface area contributed by atoms with Crippen LogP contribution in [0.1, 0.15) is 36.1 Å². The van der Waals surface area contributed by atoms with Gasteiger partial charge in [0.15, 0.2) is 0 Å². The predicted octanol–water partition coefficient (Wildman–Crippen LogP) is 2.77. The van der Waals surface area contributed by atoms with Crippen LogP contribution in [0.2, 0.25) is 0 Å². The minimum absolute atomic E-state index is 0. The van der Waals surface area contributed by atoms with Gasteiger partial charge in [-0.2, -0.15) is 0 Å². The second-order valence-electron chi connectivity index (χ2n) is 1.95. The van der Waals surface area contributed by atoms with E-state index in [-0.39, 0.29) is 22.3 Å². The Kier molecular flexibility index (Phi) is 40.2. The second-order valence-corrected chi connectivity index (χ2v) is 1.95. The molecule has 1 heteroatoms. The summed E-state index contributed by atoms with van der Waals surface area (Å²) < 4.78 is 0. The zero-order valence-corrected chi connectivity index (χ0v) is 4.78. The molecule has 0 heterocycles. The first kappa shape index (κ1) is 23.1. The van der Waals surface area contributed by atoms with Crippen LogP contribution in [-0.2, 0) is 0 Å². The van der Waals surface area contributed by atoms with Crippen molar-refractivity contribution < 1.29 is 0 Å². The van der Waals surface area contributed by atoms with Crippen LogP contribution in [0.25, 0.3) is 0 Å². The van der Waals surface area contributed by atoms with Gasteiger partial charge in [0.2, 0.25) is 0 Å². The largest absolute Gasteiger partial charge is 0.319 e. The molecule has 0 rings (SSSR count). The van der Waals surface area contributed by atoms with E-state index in [4.69, 9.17) is 0 Å². The van der Waals surface area contributed by atoms with E-state index in [2.05, 4.69) is 19.2 Å². The predicted molar refractivity (Wildman–Crippen MR) is 49.0 cm³/mol. The molecular formula is C8H25N. The van der Waals surface area contributed by atoms with Crippen molar-refractivity contribution in [3.63, 3.8) is 0 Å². The Morgan fingerprint density at radius 3 is 1.44 bits per heavy atom. The van der Waals surface area contributed by atoms with Crippen LogP contribution < -0.4 is 5.32 Å². The maximum atomic E-state index is 3.07. The van der Waals surface area contributed by atoms with Crippen LogP contribution >= 0.6 is 0 Å². The molecule has 0 spiro atoms. The van der Waals surface area contributed by atoms with E-state index in [1.807, 2.05) is 7.05 Å². The molecule has 0 aliphatic rings. The molecule has 0 saturated heterocycles. The van der Waals surface area contributed by atoms with E-state index in [9.17, 15) is 0 Å². The first-order valence-electron chi connectivity index (χ1n) is 2.42. The summed E-state index contributed by atoms with van der Waals surface area (Å²) in [5, 5.41) is 3.07. The van der Waals surface area contributed by atoms with Crippen LogP contribution in [-0.4, -0.2) is 13.6 Å². The van der Waals surface area contributed by atoms with E-state index in [0.717, 1.165) is 12.5 Å². The molecule has 0 unspecified atom stereocenters. The van der Waals surface area contributed by atoms with Gasteiger partial charge in [-0.15, -0.1) is 0 Å². The van der Waals surface area contributed by atoms with Gasteiger partial charge < -0.3 is 5.32 Å². The Morgan fingerprint density at radius 1 is 1.11 bits per heavy atom. The Bertz CT molecular complexity index is 25.7. The third-order valence-electron chi connectivity index (χ3n) is 0.612. The normalized spacial score (nSPS) is 6.67. The number of hydrogen-bond donors (Lipinski definition) is 1. The molecule has 0 radical (unpaired) electrons. The SMILES string of the molecule is C.C.C.CNCC(C)C. The van der Waals surface area contributed by atoms with Crippen LogP contribution in [0.3, 0.4) is 0 Å². The molecule has 0 aromatic heterocycles. The van der Waals surface area contributed by atoms with Gasteiger partial charge in [-0.05, 0) is 19.5 Å². The molecule has 0 aromatic carbocycles. The highest BCUT2D eigenvalue weighted by Crippen LogP contribution is 1.83. The van der Waals surface area contributed by atoms with Crippen molar-refractivity contribution in [3.8, 4) is 0 Å². The summed E-state index contributed by atoms with van der Waals surface area (Å²) in [5.41, 5.74) is 0. The Labute approximate surface area is 61.9 Å². The molecule has 62 valence electrons. The van der Waals surface area contributed by atoms with Gasteiger partial charge in [-0.1, -0.05) is 36.1 Å². The maximum Gasteiger partial charge on any atom is -0.00288 e. The first-order valence-corrected chi connectivity index (χ1v) is 2.42. The number of nitrogens with one attached hydrogen (secondary N) is 1. The molecule has 0 aliphatic heterocycles. The lowest BCUT2D eigenvalue weighted by molar-refractivity contribution is 0.595. The van der Waals surface area contributed by atoms with Crippen molar-refractivity contribution in [2.24, 2.45) is 5.92 Å². The first-order chi connectivity index (χ1) is 2.77. The van der Waals surface area contributed by atoms with Gasteiger partial charge >= 0.3 is 0 Å². The quantitative estimate of drug-likeness (QED) is 0.614. The summed E-state index contributed by atoms with van der Waals surface area (Å²) in [6.07, 6.45) is 0. The summed E-state index contributed by atoms with van der Waals surface area (Å²) in [5.74, 6) is 0.787. The molecule has 9 heavy (non-hydrogen) atoms. The van der Waals surface area contributed by atoms with Crippen LogP contribution in [0.5, 0.6) is 0 Å². The molecule has 0 bridgehead atoms. The highest BCUT2D eigenvalue weighted by Gasteiger charge is 1.84. The lowest BCUT2D eigenvalue weighted by Crippen LogP contribution is -2.12. The smallest absolute Gasteiger partial charge is 0.00288 e. The molecule has 0 atom stereocenters. The monoisotopic (exact) mass is 135 g/mol. The average Bonchev–Trinajstić information content (AvgIpc) is 1.35. The molecule has 0 aromatic rings. The van der Waals surface area contributed by atoms with Crippen LogP contribution in [0, 0.1) is 5.92 Å². The second kappa shape index (κ2) is 15.7.